The van der Waals surface area contributed by atoms with Gasteiger partial charge in [-0.15, -0.1) is 0 Å². The van der Waals surface area contributed by atoms with Gasteiger partial charge in [-0.3, -0.25) is 9.48 Å². The van der Waals surface area contributed by atoms with E-state index in [1.165, 1.54) is 12.1 Å². The number of amides is 1. The number of benzene rings is 2. The van der Waals surface area contributed by atoms with Crippen molar-refractivity contribution in [1.82, 2.24) is 19.8 Å². The highest BCUT2D eigenvalue weighted by molar-refractivity contribution is 5.93. The Bertz CT molecular complexity index is 1420. The van der Waals surface area contributed by atoms with Crippen LogP contribution < -0.4 is 0 Å². The smallest absolute Gasteiger partial charge is 0.276 e. The van der Waals surface area contributed by atoms with E-state index in [0.717, 1.165) is 28.8 Å². The van der Waals surface area contributed by atoms with Gasteiger partial charge in [0, 0.05) is 44.4 Å². The number of aryl methyl sites for hydroxylation is 1. The molecule has 1 amide bonds. The molecule has 5 rings (SSSR count). The van der Waals surface area contributed by atoms with Gasteiger partial charge in [-0.2, -0.15) is 10.4 Å². The maximum Gasteiger partial charge on any atom is 0.276 e. The fraction of sp³-hybridized carbons (Fsp3) is 0.167. The molecule has 0 saturated heterocycles. The number of aromatic nitrogens is 3. The van der Waals surface area contributed by atoms with Crippen molar-refractivity contribution in [2.24, 2.45) is 7.05 Å². The van der Waals surface area contributed by atoms with Crippen molar-refractivity contribution in [3.05, 3.63) is 94.4 Å². The molecule has 0 aliphatic carbocycles. The fourth-order valence-electron chi connectivity index (χ4n) is 4.14. The van der Waals surface area contributed by atoms with E-state index in [-0.39, 0.29) is 28.8 Å². The quantitative estimate of drug-likeness (QED) is 0.475. The second-order valence-electron chi connectivity index (χ2n) is 7.91. The molecule has 0 spiro atoms. The van der Waals surface area contributed by atoms with E-state index in [2.05, 4.69) is 16.3 Å². The molecule has 4 aromatic rings. The first-order chi connectivity index (χ1) is 15.9. The predicted octanol–water partition coefficient (Wildman–Crippen LogP) is 4.01. The Morgan fingerprint density at radius 2 is 2.06 bits per heavy atom. The standard InChI is InChI=1S/C24H17F2N5O2/c1-30-11-16(10-28-30)20-13-31(12-15-3-2-14(9-27)6-19(15)20)24(32)22-8-23(33-29-22)18-5-4-17(25)7-21(18)26/h2-8,10-11,20H,12-13H2,1H3. The molecule has 7 nitrogen and oxygen atoms in total. The molecule has 0 N–H and O–H groups in total. The zero-order valence-electron chi connectivity index (χ0n) is 17.5. The van der Waals surface area contributed by atoms with Crippen LogP contribution >= 0.6 is 0 Å². The summed E-state index contributed by atoms with van der Waals surface area (Å²) < 4.78 is 34.2. The van der Waals surface area contributed by atoms with Gasteiger partial charge in [-0.05, 0) is 41.0 Å². The van der Waals surface area contributed by atoms with Crippen LogP contribution in [0.5, 0.6) is 0 Å². The van der Waals surface area contributed by atoms with Gasteiger partial charge in [0.1, 0.15) is 11.6 Å². The molecule has 0 bridgehead atoms. The average Bonchev–Trinajstić information content (AvgIpc) is 3.47. The molecule has 1 aliphatic rings. The van der Waals surface area contributed by atoms with Crippen LogP contribution in [0, 0.1) is 23.0 Å². The van der Waals surface area contributed by atoms with E-state index in [1.807, 2.05) is 25.4 Å². The lowest BCUT2D eigenvalue weighted by molar-refractivity contribution is 0.0714. The molecule has 0 saturated carbocycles. The Morgan fingerprint density at radius 1 is 1.21 bits per heavy atom. The summed E-state index contributed by atoms with van der Waals surface area (Å²) in [5.74, 6) is -2.03. The zero-order chi connectivity index (χ0) is 23.1. The monoisotopic (exact) mass is 445 g/mol. The van der Waals surface area contributed by atoms with Gasteiger partial charge in [0.25, 0.3) is 5.91 Å². The highest BCUT2D eigenvalue weighted by Crippen LogP contribution is 2.35. The summed E-state index contributed by atoms with van der Waals surface area (Å²) in [5.41, 5.74) is 3.39. The first-order valence-electron chi connectivity index (χ1n) is 10.2. The van der Waals surface area contributed by atoms with Crippen molar-refractivity contribution in [3.63, 3.8) is 0 Å². The third-order valence-electron chi connectivity index (χ3n) is 5.75. The van der Waals surface area contributed by atoms with Crippen LogP contribution in [0.2, 0.25) is 0 Å². The molecule has 0 fully saturated rings. The van der Waals surface area contributed by atoms with Gasteiger partial charge in [-0.1, -0.05) is 11.2 Å². The van der Waals surface area contributed by atoms with Crippen LogP contribution in [0.25, 0.3) is 11.3 Å². The van der Waals surface area contributed by atoms with E-state index in [9.17, 15) is 18.8 Å². The predicted molar refractivity (Wildman–Crippen MR) is 113 cm³/mol. The minimum absolute atomic E-state index is 0.0178. The minimum Gasteiger partial charge on any atom is -0.355 e. The molecule has 9 heteroatoms. The molecule has 1 atom stereocenters. The Hall–Kier alpha value is -4.32. The summed E-state index contributed by atoms with van der Waals surface area (Å²) in [5, 5.41) is 17.4. The molecule has 2 aromatic heterocycles. The highest BCUT2D eigenvalue weighted by atomic mass is 19.1. The lowest BCUT2D eigenvalue weighted by Gasteiger charge is -2.34. The lowest BCUT2D eigenvalue weighted by Crippen LogP contribution is -2.38. The van der Waals surface area contributed by atoms with Crippen LogP contribution in [0.15, 0.2) is 59.4 Å². The van der Waals surface area contributed by atoms with Crippen LogP contribution in [-0.4, -0.2) is 32.3 Å². The van der Waals surface area contributed by atoms with Crippen LogP contribution in [0.1, 0.15) is 38.7 Å². The van der Waals surface area contributed by atoms with Gasteiger partial charge in [0.2, 0.25) is 0 Å². The second kappa shape index (κ2) is 7.98. The minimum atomic E-state index is -0.804. The Kier molecular flexibility index (Phi) is 4.98. The molecule has 1 unspecified atom stereocenters. The van der Waals surface area contributed by atoms with Crippen LogP contribution in [0.4, 0.5) is 8.78 Å². The van der Waals surface area contributed by atoms with Crippen molar-refractivity contribution in [3.8, 4) is 17.4 Å². The average molecular weight is 445 g/mol. The second-order valence-corrected chi connectivity index (χ2v) is 7.91. The maximum atomic E-state index is 14.1. The third kappa shape index (κ3) is 3.76. The Balaban J connectivity index is 1.48. The third-order valence-corrected chi connectivity index (χ3v) is 5.75. The first kappa shape index (κ1) is 20.6. The van der Waals surface area contributed by atoms with E-state index in [0.29, 0.717) is 18.7 Å². The number of nitriles is 1. The number of carbonyl (C=O) groups is 1. The van der Waals surface area contributed by atoms with E-state index in [4.69, 9.17) is 4.52 Å². The van der Waals surface area contributed by atoms with Gasteiger partial charge < -0.3 is 9.42 Å². The zero-order valence-corrected chi connectivity index (χ0v) is 17.5. The molecular formula is C24H17F2N5O2. The van der Waals surface area contributed by atoms with E-state index in [1.54, 1.807) is 21.8 Å². The van der Waals surface area contributed by atoms with Crippen molar-refractivity contribution >= 4 is 5.91 Å². The Morgan fingerprint density at radius 3 is 2.79 bits per heavy atom. The van der Waals surface area contributed by atoms with Crippen LogP contribution in [0.3, 0.4) is 0 Å². The number of rotatable bonds is 3. The fourth-order valence-corrected chi connectivity index (χ4v) is 4.14. The number of hydrogen-bond donors (Lipinski definition) is 0. The normalized spacial score (nSPS) is 15.2. The summed E-state index contributed by atoms with van der Waals surface area (Å²) in [6.07, 6.45) is 3.62. The topological polar surface area (TPSA) is 88.0 Å². The largest absolute Gasteiger partial charge is 0.355 e. The molecule has 2 aromatic carbocycles. The summed E-state index contributed by atoms with van der Waals surface area (Å²) in [4.78, 5) is 14.9. The van der Waals surface area contributed by atoms with Crippen molar-refractivity contribution in [2.45, 2.75) is 12.5 Å². The summed E-state index contributed by atoms with van der Waals surface area (Å²) >= 11 is 0. The molecule has 3 heterocycles. The van der Waals surface area contributed by atoms with Gasteiger partial charge in [0.15, 0.2) is 11.5 Å². The van der Waals surface area contributed by atoms with Gasteiger partial charge in [-0.25, -0.2) is 8.78 Å². The number of nitrogens with zero attached hydrogens (tertiary/aromatic N) is 5. The summed E-state index contributed by atoms with van der Waals surface area (Å²) in [6.45, 7) is 0.670. The van der Waals surface area contributed by atoms with Crippen molar-refractivity contribution < 1.29 is 18.1 Å². The van der Waals surface area contributed by atoms with Crippen molar-refractivity contribution in [1.29, 1.82) is 5.26 Å². The van der Waals surface area contributed by atoms with Crippen LogP contribution in [-0.2, 0) is 13.6 Å². The van der Waals surface area contributed by atoms with E-state index >= 15 is 0 Å². The number of hydrogen-bond acceptors (Lipinski definition) is 5. The Labute approximate surface area is 187 Å². The highest BCUT2D eigenvalue weighted by Gasteiger charge is 2.32. The summed E-state index contributed by atoms with van der Waals surface area (Å²) in [7, 11) is 1.81. The summed E-state index contributed by atoms with van der Waals surface area (Å²) in [6, 6.07) is 12.0. The van der Waals surface area contributed by atoms with E-state index < -0.39 is 11.6 Å². The number of halogens is 2. The number of fused-ring (bicyclic) bond motifs is 1. The number of carbonyl (C=O) groups excluding carboxylic acids is 1. The first-order valence-corrected chi connectivity index (χ1v) is 10.2. The molecule has 1 aliphatic heterocycles. The molecule has 0 radical (unpaired) electrons. The molecular weight excluding hydrogens is 428 g/mol. The van der Waals surface area contributed by atoms with Crippen molar-refractivity contribution in [2.75, 3.05) is 6.54 Å². The molecule has 164 valence electrons. The SMILES string of the molecule is Cn1cc(C2CN(C(=O)c3cc(-c4ccc(F)cc4F)on3)Cc3ccc(C#N)cc32)cn1. The lowest BCUT2D eigenvalue weighted by atomic mass is 9.85. The maximum absolute atomic E-state index is 14.1. The van der Waals surface area contributed by atoms with Gasteiger partial charge >= 0.3 is 0 Å². The van der Waals surface area contributed by atoms with Gasteiger partial charge in [0.05, 0.1) is 23.4 Å². The molecule has 33 heavy (non-hydrogen) atoms.